The van der Waals surface area contributed by atoms with E-state index in [-0.39, 0.29) is 11.3 Å². The second-order valence-corrected chi connectivity index (χ2v) is 6.29. The van der Waals surface area contributed by atoms with E-state index in [1.54, 1.807) is 6.20 Å². The van der Waals surface area contributed by atoms with Gasteiger partial charge in [0.05, 0.1) is 5.75 Å². The molecule has 0 aliphatic carbocycles. The van der Waals surface area contributed by atoms with Gasteiger partial charge in [0.15, 0.2) is 5.16 Å². The summed E-state index contributed by atoms with van der Waals surface area (Å²) in [7, 11) is 0. The molecule has 0 radical (unpaired) electrons. The van der Waals surface area contributed by atoms with Gasteiger partial charge >= 0.3 is 5.97 Å². The lowest BCUT2D eigenvalue weighted by Crippen LogP contribution is -2.39. The molecule has 0 saturated heterocycles. The molecule has 21 heavy (non-hydrogen) atoms. The lowest BCUT2D eigenvalue weighted by atomic mass is 10.2. The summed E-state index contributed by atoms with van der Waals surface area (Å²) in [5.74, 6) is -1.02. The topological polar surface area (TPSA) is 75.4 Å². The largest absolute Gasteiger partial charge is 0.481 e. The van der Waals surface area contributed by atoms with E-state index < -0.39 is 5.97 Å². The van der Waals surface area contributed by atoms with Crippen molar-refractivity contribution in [1.82, 2.24) is 14.5 Å². The molecule has 0 unspecified atom stereocenters. The highest BCUT2D eigenvalue weighted by Gasteiger charge is 2.14. The Morgan fingerprint density at radius 1 is 1.38 bits per heavy atom. The highest BCUT2D eigenvalue weighted by atomic mass is 32.2. The van der Waals surface area contributed by atoms with Crippen LogP contribution in [0.25, 0.3) is 0 Å². The van der Waals surface area contributed by atoms with Crippen LogP contribution in [0.4, 0.5) is 0 Å². The predicted molar refractivity (Wildman–Crippen MR) is 83.8 cm³/mol. The smallest absolute Gasteiger partial charge is 0.313 e. The van der Waals surface area contributed by atoms with Gasteiger partial charge in [0, 0.05) is 37.4 Å². The third-order valence-corrected chi connectivity index (χ3v) is 4.07. The van der Waals surface area contributed by atoms with Crippen molar-refractivity contribution in [3.05, 3.63) is 22.6 Å². The first-order valence-corrected chi connectivity index (χ1v) is 7.97. The van der Waals surface area contributed by atoms with Crippen molar-refractivity contribution in [2.24, 2.45) is 0 Å². The number of nitrogens with zero attached hydrogens (tertiary/aromatic N) is 3. The second-order valence-electron chi connectivity index (χ2n) is 5.35. The van der Waals surface area contributed by atoms with Crippen LogP contribution in [0.2, 0.25) is 0 Å². The first kappa shape index (κ1) is 17.7. The average Bonchev–Trinajstić information content (AvgIpc) is 2.37. The minimum Gasteiger partial charge on any atom is -0.481 e. The maximum atomic E-state index is 11.3. The van der Waals surface area contributed by atoms with Crippen molar-refractivity contribution in [2.45, 2.75) is 51.5 Å². The van der Waals surface area contributed by atoms with Gasteiger partial charge in [-0.15, -0.1) is 0 Å². The van der Waals surface area contributed by atoms with Crippen molar-refractivity contribution in [3.8, 4) is 0 Å². The fraction of sp³-hybridized carbons (Fsp3) is 0.643. The van der Waals surface area contributed by atoms with Crippen LogP contribution in [0, 0.1) is 0 Å². The Bertz CT molecular complexity index is 520. The van der Waals surface area contributed by atoms with E-state index in [0.29, 0.717) is 23.8 Å². The van der Waals surface area contributed by atoms with E-state index in [9.17, 15) is 9.59 Å². The molecule has 0 aromatic carbocycles. The van der Waals surface area contributed by atoms with Gasteiger partial charge in [-0.05, 0) is 27.7 Å². The molecule has 0 spiro atoms. The zero-order chi connectivity index (χ0) is 16.0. The van der Waals surface area contributed by atoms with Gasteiger partial charge in [-0.3, -0.25) is 14.5 Å². The average molecular weight is 313 g/mol. The summed E-state index contributed by atoms with van der Waals surface area (Å²) in [4.78, 5) is 28.3. The minimum absolute atomic E-state index is 0.103. The summed E-state index contributed by atoms with van der Waals surface area (Å²) in [6, 6.07) is 2.25. The molecular weight excluding hydrogens is 290 g/mol. The number of rotatable bonds is 8. The zero-order valence-electron chi connectivity index (χ0n) is 12.9. The second kappa shape index (κ2) is 8.19. The van der Waals surface area contributed by atoms with Crippen LogP contribution in [0.3, 0.4) is 0 Å². The molecule has 1 rings (SSSR count). The Balaban J connectivity index is 2.82. The van der Waals surface area contributed by atoms with Crippen LogP contribution >= 0.6 is 11.8 Å². The van der Waals surface area contributed by atoms with Gasteiger partial charge in [-0.25, -0.2) is 0 Å². The van der Waals surface area contributed by atoms with Gasteiger partial charge in [0.1, 0.15) is 0 Å². The van der Waals surface area contributed by atoms with Crippen molar-refractivity contribution in [3.63, 3.8) is 0 Å². The van der Waals surface area contributed by atoms with E-state index in [1.165, 1.54) is 6.07 Å². The van der Waals surface area contributed by atoms with E-state index in [0.717, 1.165) is 18.3 Å². The zero-order valence-corrected chi connectivity index (χ0v) is 13.8. The molecule has 0 aliphatic rings. The molecule has 0 amide bonds. The van der Waals surface area contributed by atoms with Crippen LogP contribution in [-0.4, -0.2) is 49.9 Å². The number of carboxylic acids is 1. The number of aliphatic carboxylic acids is 1. The first-order valence-electron chi connectivity index (χ1n) is 6.99. The number of carboxylic acid groups (broad SMARTS) is 1. The summed E-state index contributed by atoms with van der Waals surface area (Å²) in [5, 5.41) is 9.21. The summed E-state index contributed by atoms with van der Waals surface area (Å²) in [5.41, 5.74) is -0.344. The number of aromatic nitrogens is 2. The standard InChI is InChI=1S/C14H23N3O3S/c1-10(2)17(11(3)4)8-7-16-6-5-12(18)15-14(16)21-9-13(19)20/h5-6,10-11H,7-9H2,1-4H3,(H,19,20). The van der Waals surface area contributed by atoms with Crippen LogP contribution in [0.5, 0.6) is 0 Å². The lowest BCUT2D eigenvalue weighted by molar-refractivity contribution is -0.133. The van der Waals surface area contributed by atoms with E-state index in [2.05, 4.69) is 37.6 Å². The van der Waals surface area contributed by atoms with Gasteiger partial charge in [0.2, 0.25) is 0 Å². The molecule has 118 valence electrons. The number of thioether (sulfide) groups is 1. The molecule has 0 bridgehead atoms. The van der Waals surface area contributed by atoms with Crippen molar-refractivity contribution >= 4 is 17.7 Å². The molecule has 0 saturated carbocycles. The van der Waals surface area contributed by atoms with Crippen molar-refractivity contribution < 1.29 is 9.90 Å². The van der Waals surface area contributed by atoms with Crippen LogP contribution in [0.1, 0.15) is 27.7 Å². The third kappa shape index (κ3) is 5.89. The number of hydrogen-bond donors (Lipinski definition) is 1. The van der Waals surface area contributed by atoms with Crippen molar-refractivity contribution in [1.29, 1.82) is 0 Å². The minimum atomic E-state index is -0.921. The molecular formula is C14H23N3O3S. The summed E-state index contributed by atoms with van der Waals surface area (Å²) in [6.07, 6.45) is 1.68. The number of carbonyl (C=O) groups is 1. The quantitative estimate of drug-likeness (QED) is 0.579. The maximum Gasteiger partial charge on any atom is 0.313 e. The predicted octanol–water partition coefficient (Wildman–Crippen LogP) is 1.54. The molecule has 0 atom stereocenters. The summed E-state index contributed by atoms with van der Waals surface area (Å²) >= 11 is 1.07. The molecule has 7 heteroatoms. The molecule has 6 nitrogen and oxygen atoms in total. The summed E-state index contributed by atoms with van der Waals surface area (Å²) in [6.45, 7) is 10.1. The van der Waals surface area contributed by atoms with Gasteiger partial charge in [-0.2, -0.15) is 4.98 Å². The van der Waals surface area contributed by atoms with Gasteiger partial charge in [0.25, 0.3) is 5.56 Å². The molecule has 1 heterocycles. The molecule has 1 N–H and O–H groups in total. The van der Waals surface area contributed by atoms with Gasteiger partial charge < -0.3 is 9.67 Å². The van der Waals surface area contributed by atoms with E-state index in [1.807, 2.05) is 4.57 Å². The highest BCUT2D eigenvalue weighted by Crippen LogP contribution is 2.14. The molecule has 1 aromatic rings. The fourth-order valence-corrected chi connectivity index (χ4v) is 2.89. The Labute approximate surface area is 129 Å². The highest BCUT2D eigenvalue weighted by molar-refractivity contribution is 7.99. The Kier molecular flexibility index (Phi) is 6.91. The van der Waals surface area contributed by atoms with E-state index in [4.69, 9.17) is 5.11 Å². The lowest BCUT2D eigenvalue weighted by Gasteiger charge is -2.30. The Morgan fingerprint density at radius 2 is 2.00 bits per heavy atom. The first-order chi connectivity index (χ1) is 9.81. The maximum absolute atomic E-state index is 11.3. The molecule has 0 aliphatic heterocycles. The third-order valence-electron chi connectivity index (χ3n) is 3.10. The van der Waals surface area contributed by atoms with Crippen molar-refractivity contribution in [2.75, 3.05) is 12.3 Å². The number of hydrogen-bond acceptors (Lipinski definition) is 5. The van der Waals surface area contributed by atoms with E-state index >= 15 is 0 Å². The monoisotopic (exact) mass is 313 g/mol. The summed E-state index contributed by atoms with van der Waals surface area (Å²) < 4.78 is 1.84. The fourth-order valence-electron chi connectivity index (χ4n) is 2.16. The van der Waals surface area contributed by atoms with Crippen LogP contribution in [0.15, 0.2) is 22.2 Å². The molecule has 0 fully saturated rings. The Hall–Kier alpha value is -1.34. The SMILES string of the molecule is CC(C)N(CCn1ccc(=O)nc1SCC(=O)O)C(C)C. The van der Waals surface area contributed by atoms with Crippen LogP contribution in [-0.2, 0) is 11.3 Å². The van der Waals surface area contributed by atoms with Crippen LogP contribution < -0.4 is 5.56 Å². The molecule has 1 aromatic heterocycles. The van der Waals surface area contributed by atoms with Gasteiger partial charge in [-0.1, -0.05) is 11.8 Å². The normalized spacial score (nSPS) is 11.6. The Morgan fingerprint density at radius 3 is 2.52 bits per heavy atom.